The first kappa shape index (κ1) is 20.1. The van der Waals surface area contributed by atoms with Gasteiger partial charge in [-0.2, -0.15) is 0 Å². The molecule has 0 spiro atoms. The van der Waals surface area contributed by atoms with E-state index < -0.39 is 0 Å². The van der Waals surface area contributed by atoms with Crippen molar-refractivity contribution in [3.05, 3.63) is 42.0 Å². The molecule has 1 nitrogen and oxygen atoms in total. The largest absolute Gasteiger partial charge is 0.494 e. The molecule has 0 aliphatic heterocycles. The van der Waals surface area contributed by atoms with Crippen LogP contribution < -0.4 is 4.74 Å². The van der Waals surface area contributed by atoms with E-state index in [0.717, 1.165) is 24.2 Å². The van der Waals surface area contributed by atoms with E-state index in [1.165, 1.54) is 63.4 Å². The van der Waals surface area contributed by atoms with Crippen LogP contribution in [0, 0.1) is 29.6 Å². The Morgan fingerprint density at radius 2 is 1.63 bits per heavy atom. The van der Waals surface area contributed by atoms with Crippen LogP contribution in [-0.4, -0.2) is 6.61 Å². The minimum atomic E-state index is 0.587. The summed E-state index contributed by atoms with van der Waals surface area (Å²) in [6.45, 7) is 5.09. The van der Waals surface area contributed by atoms with Gasteiger partial charge in [-0.05, 0) is 99.8 Å². The van der Waals surface area contributed by atoms with Crippen molar-refractivity contribution >= 4 is 0 Å². The molecule has 1 heteroatoms. The molecule has 0 heterocycles. The molecule has 2 fully saturated rings. The molecule has 0 unspecified atom stereocenters. The van der Waals surface area contributed by atoms with Crippen molar-refractivity contribution in [2.75, 3.05) is 6.61 Å². The lowest BCUT2D eigenvalue weighted by Crippen LogP contribution is -2.12. The fourth-order valence-electron chi connectivity index (χ4n) is 4.71. The van der Waals surface area contributed by atoms with Gasteiger partial charge in [0.25, 0.3) is 0 Å². The van der Waals surface area contributed by atoms with E-state index in [1.807, 2.05) is 6.92 Å². The zero-order valence-corrected chi connectivity index (χ0v) is 17.3. The number of benzene rings is 1. The third-order valence-electron chi connectivity index (χ3n) is 6.60. The number of hydrogen-bond acceptors (Lipinski definition) is 1. The van der Waals surface area contributed by atoms with Gasteiger partial charge in [0.05, 0.1) is 6.61 Å². The summed E-state index contributed by atoms with van der Waals surface area (Å²) in [7, 11) is 0. The molecule has 1 aromatic rings. The first-order valence-corrected chi connectivity index (χ1v) is 11.2. The van der Waals surface area contributed by atoms with Crippen LogP contribution in [0.3, 0.4) is 0 Å². The van der Waals surface area contributed by atoms with Gasteiger partial charge in [-0.15, -0.1) is 0 Å². The number of allylic oxidation sites excluding steroid dienone is 2. The lowest BCUT2D eigenvalue weighted by molar-refractivity contribution is 0.304. The molecule has 0 atom stereocenters. The van der Waals surface area contributed by atoms with Gasteiger partial charge in [0, 0.05) is 5.92 Å². The standard InChI is InChI=1S/C26H36O/c1-3-21-9-11-22(12-10-21)7-5-6-8-23-13-15-24(16-14-23)25-17-19-26(20-18-25)27-4-2/h5,7,17-24H,3-4,9-16H2,1-2H3/b7-5+. The van der Waals surface area contributed by atoms with Crippen molar-refractivity contribution in [3.8, 4) is 17.6 Å². The van der Waals surface area contributed by atoms with Crippen LogP contribution in [0.2, 0.25) is 0 Å². The highest BCUT2D eigenvalue weighted by atomic mass is 16.5. The molecule has 3 rings (SSSR count). The summed E-state index contributed by atoms with van der Waals surface area (Å²) in [5, 5.41) is 0. The molecular weight excluding hydrogens is 328 g/mol. The summed E-state index contributed by atoms with van der Waals surface area (Å²) < 4.78 is 5.55. The molecule has 0 amide bonds. The minimum absolute atomic E-state index is 0.587. The molecule has 0 aromatic heterocycles. The molecule has 2 saturated carbocycles. The number of rotatable bonds is 5. The summed E-state index contributed by atoms with van der Waals surface area (Å²) >= 11 is 0. The molecule has 1 aromatic carbocycles. The molecule has 2 aliphatic carbocycles. The van der Waals surface area contributed by atoms with Crippen LogP contribution in [-0.2, 0) is 0 Å². The zero-order chi connectivity index (χ0) is 18.9. The van der Waals surface area contributed by atoms with E-state index in [9.17, 15) is 0 Å². The molecule has 0 saturated heterocycles. The quantitative estimate of drug-likeness (QED) is 0.505. The molecule has 0 radical (unpaired) electrons. The van der Waals surface area contributed by atoms with Crippen molar-refractivity contribution < 1.29 is 4.74 Å². The predicted octanol–water partition coefficient (Wildman–Crippen LogP) is 7.14. The summed E-state index contributed by atoms with van der Waals surface area (Å²) in [6, 6.07) is 8.72. The monoisotopic (exact) mass is 364 g/mol. The molecule has 2 aliphatic rings. The molecule has 27 heavy (non-hydrogen) atoms. The Hall–Kier alpha value is -1.68. The maximum Gasteiger partial charge on any atom is 0.119 e. The van der Waals surface area contributed by atoms with E-state index in [-0.39, 0.29) is 0 Å². The second-order valence-corrected chi connectivity index (χ2v) is 8.39. The van der Waals surface area contributed by atoms with Gasteiger partial charge in [-0.1, -0.05) is 43.4 Å². The minimum Gasteiger partial charge on any atom is -0.494 e. The van der Waals surface area contributed by atoms with Gasteiger partial charge >= 0.3 is 0 Å². The molecule has 146 valence electrons. The first-order valence-electron chi connectivity index (χ1n) is 11.2. The van der Waals surface area contributed by atoms with Crippen LogP contribution in [0.25, 0.3) is 0 Å². The second kappa shape index (κ2) is 10.6. The lowest BCUT2D eigenvalue weighted by Gasteiger charge is -2.26. The van der Waals surface area contributed by atoms with Gasteiger partial charge < -0.3 is 4.74 Å². The fraction of sp³-hybridized carbons (Fsp3) is 0.615. The Morgan fingerprint density at radius 3 is 2.26 bits per heavy atom. The third-order valence-corrected chi connectivity index (χ3v) is 6.60. The first-order chi connectivity index (χ1) is 13.3. The fourth-order valence-corrected chi connectivity index (χ4v) is 4.71. The van der Waals surface area contributed by atoms with E-state index in [0.29, 0.717) is 11.8 Å². The highest BCUT2D eigenvalue weighted by Crippen LogP contribution is 2.36. The van der Waals surface area contributed by atoms with Crippen molar-refractivity contribution in [2.45, 2.75) is 77.6 Å². The normalized spacial score (nSPS) is 28.5. The van der Waals surface area contributed by atoms with Gasteiger partial charge in [0.2, 0.25) is 0 Å². The smallest absolute Gasteiger partial charge is 0.119 e. The Labute approximate surface area is 166 Å². The molecule has 0 bridgehead atoms. The summed E-state index contributed by atoms with van der Waals surface area (Å²) in [5.41, 5.74) is 1.47. The maximum absolute atomic E-state index is 5.55. The van der Waals surface area contributed by atoms with Crippen LogP contribution in [0.4, 0.5) is 0 Å². The highest BCUT2D eigenvalue weighted by molar-refractivity contribution is 5.30. The van der Waals surface area contributed by atoms with Crippen molar-refractivity contribution in [1.29, 1.82) is 0 Å². The van der Waals surface area contributed by atoms with Crippen LogP contribution >= 0.6 is 0 Å². The van der Waals surface area contributed by atoms with E-state index in [1.54, 1.807) is 0 Å². The van der Waals surface area contributed by atoms with Crippen LogP contribution in [0.15, 0.2) is 36.4 Å². The number of hydrogen-bond donors (Lipinski definition) is 0. The van der Waals surface area contributed by atoms with Crippen molar-refractivity contribution in [2.24, 2.45) is 17.8 Å². The highest BCUT2D eigenvalue weighted by Gasteiger charge is 2.21. The summed E-state index contributed by atoms with van der Waals surface area (Å²) in [6.07, 6.45) is 16.4. The molecular formula is C26H36O. The van der Waals surface area contributed by atoms with Gasteiger partial charge in [-0.25, -0.2) is 0 Å². The van der Waals surface area contributed by atoms with Crippen LogP contribution in [0.1, 0.15) is 83.1 Å². The van der Waals surface area contributed by atoms with Crippen molar-refractivity contribution in [1.82, 2.24) is 0 Å². The Morgan fingerprint density at radius 1 is 0.926 bits per heavy atom. The van der Waals surface area contributed by atoms with Crippen molar-refractivity contribution in [3.63, 3.8) is 0 Å². The van der Waals surface area contributed by atoms with E-state index in [2.05, 4.69) is 55.2 Å². The van der Waals surface area contributed by atoms with Crippen LogP contribution in [0.5, 0.6) is 5.75 Å². The topological polar surface area (TPSA) is 9.23 Å². The third kappa shape index (κ3) is 6.17. The van der Waals surface area contributed by atoms with Gasteiger partial charge in [0.1, 0.15) is 5.75 Å². The second-order valence-electron chi connectivity index (χ2n) is 8.39. The summed E-state index contributed by atoms with van der Waals surface area (Å²) in [4.78, 5) is 0. The number of ether oxygens (including phenoxy) is 1. The average Bonchev–Trinajstić information content (AvgIpc) is 2.73. The lowest BCUT2D eigenvalue weighted by atomic mass is 9.79. The van der Waals surface area contributed by atoms with E-state index >= 15 is 0 Å². The Balaban J connectivity index is 1.41. The van der Waals surface area contributed by atoms with Gasteiger partial charge in [0.15, 0.2) is 0 Å². The molecule has 0 N–H and O–H groups in total. The summed E-state index contributed by atoms with van der Waals surface area (Å²) in [5.74, 6) is 10.9. The zero-order valence-electron chi connectivity index (χ0n) is 17.3. The predicted molar refractivity (Wildman–Crippen MR) is 115 cm³/mol. The van der Waals surface area contributed by atoms with E-state index in [4.69, 9.17) is 4.74 Å². The Bertz CT molecular complexity index is 629. The Kier molecular flexibility index (Phi) is 7.88. The maximum atomic E-state index is 5.55. The average molecular weight is 365 g/mol. The SMILES string of the molecule is CCOc1ccc(C2CCC(C#C/C=C/C3CCC(CC)CC3)CC2)cc1. The van der Waals surface area contributed by atoms with Gasteiger partial charge in [-0.3, -0.25) is 0 Å².